The summed E-state index contributed by atoms with van der Waals surface area (Å²) in [5.74, 6) is -5.33. The molecule has 1 aromatic heterocycles. The standard InChI is InChI=1S/C29H40N2O11/c1-14(2)25(33)39-20-21(40-26(34)15(3)4)23(41-27(35)16(5)6)29(42-22(20)28(36)37-8)38-19-12-18(31(7)24(19)32)17-10-9-11-30-13-17/h9-11,13-16,18-23,29H,12H2,1-8H3/t18-,19+,20+,21+,22+,23-,29-/m1/s1. The number of aromatic nitrogens is 1. The highest BCUT2D eigenvalue weighted by Crippen LogP contribution is 2.37. The highest BCUT2D eigenvalue weighted by molar-refractivity contribution is 5.83. The van der Waals surface area contributed by atoms with Crippen molar-refractivity contribution >= 4 is 29.8 Å². The van der Waals surface area contributed by atoms with E-state index < -0.39 is 78.4 Å². The smallest absolute Gasteiger partial charge is 0.339 e. The van der Waals surface area contributed by atoms with E-state index in [-0.39, 0.29) is 18.4 Å². The summed E-state index contributed by atoms with van der Waals surface area (Å²) in [6.07, 6.45) is -5.44. The highest BCUT2D eigenvalue weighted by atomic mass is 16.7. The van der Waals surface area contributed by atoms with Crippen molar-refractivity contribution in [2.75, 3.05) is 14.2 Å². The van der Waals surface area contributed by atoms with Crippen LogP contribution in [0.15, 0.2) is 24.5 Å². The number of pyridine rings is 1. The number of likely N-dealkylation sites (tertiary alicyclic amines) is 1. The molecule has 3 heterocycles. The van der Waals surface area contributed by atoms with E-state index in [0.717, 1.165) is 12.7 Å². The Morgan fingerprint density at radius 1 is 0.905 bits per heavy atom. The van der Waals surface area contributed by atoms with Crippen molar-refractivity contribution in [1.29, 1.82) is 0 Å². The van der Waals surface area contributed by atoms with Gasteiger partial charge >= 0.3 is 23.9 Å². The lowest BCUT2D eigenvalue weighted by molar-refractivity contribution is -0.309. The molecule has 2 saturated heterocycles. The van der Waals surface area contributed by atoms with Gasteiger partial charge in [-0.05, 0) is 11.6 Å². The summed E-state index contributed by atoms with van der Waals surface area (Å²) in [4.78, 5) is 70.3. The number of nitrogens with zero attached hydrogens (tertiary/aromatic N) is 2. The Balaban J connectivity index is 2.05. The first-order valence-electron chi connectivity index (χ1n) is 13.9. The normalized spacial score (nSPS) is 27.7. The molecule has 0 unspecified atom stereocenters. The second kappa shape index (κ2) is 14.1. The van der Waals surface area contributed by atoms with Gasteiger partial charge in [-0.3, -0.25) is 24.2 Å². The molecule has 2 aliphatic heterocycles. The Kier molecular flexibility index (Phi) is 11.0. The number of carbonyl (C=O) groups is 5. The zero-order chi connectivity index (χ0) is 31.3. The number of hydrogen-bond acceptors (Lipinski definition) is 12. The molecule has 13 nitrogen and oxygen atoms in total. The molecule has 0 radical (unpaired) electrons. The minimum atomic E-state index is -1.63. The molecular formula is C29H40N2O11. The first kappa shape index (κ1) is 32.9. The number of hydrogen-bond donors (Lipinski definition) is 0. The van der Waals surface area contributed by atoms with Gasteiger partial charge < -0.3 is 33.3 Å². The molecule has 232 valence electrons. The Morgan fingerprint density at radius 2 is 1.45 bits per heavy atom. The van der Waals surface area contributed by atoms with E-state index in [0.29, 0.717) is 0 Å². The molecule has 1 amide bonds. The molecule has 3 rings (SSSR count). The first-order chi connectivity index (χ1) is 19.8. The Bertz CT molecular complexity index is 1140. The van der Waals surface area contributed by atoms with E-state index in [1.807, 2.05) is 6.07 Å². The lowest BCUT2D eigenvalue weighted by atomic mass is 9.97. The summed E-state index contributed by atoms with van der Waals surface area (Å²) in [7, 11) is 2.73. The van der Waals surface area contributed by atoms with Crippen molar-refractivity contribution < 1.29 is 52.4 Å². The number of likely N-dealkylation sites (N-methyl/N-ethyl adjacent to an activating group) is 1. The third kappa shape index (κ3) is 7.43. The van der Waals surface area contributed by atoms with Crippen molar-refractivity contribution in [3.63, 3.8) is 0 Å². The highest BCUT2D eigenvalue weighted by Gasteiger charge is 2.57. The quantitative estimate of drug-likeness (QED) is 0.288. The van der Waals surface area contributed by atoms with E-state index >= 15 is 0 Å². The van der Waals surface area contributed by atoms with Gasteiger partial charge in [0, 0.05) is 25.9 Å². The van der Waals surface area contributed by atoms with Gasteiger partial charge in [-0.25, -0.2) is 4.79 Å². The van der Waals surface area contributed by atoms with Gasteiger partial charge in [0.25, 0.3) is 5.91 Å². The molecule has 2 fully saturated rings. The molecule has 0 bridgehead atoms. The maximum Gasteiger partial charge on any atom is 0.339 e. The largest absolute Gasteiger partial charge is 0.467 e. The Morgan fingerprint density at radius 3 is 1.95 bits per heavy atom. The summed E-state index contributed by atoms with van der Waals surface area (Å²) >= 11 is 0. The minimum absolute atomic E-state index is 0.191. The van der Waals surface area contributed by atoms with Crippen molar-refractivity contribution in [2.45, 2.75) is 90.8 Å². The van der Waals surface area contributed by atoms with Crippen LogP contribution in [-0.4, -0.2) is 90.6 Å². The van der Waals surface area contributed by atoms with E-state index in [9.17, 15) is 24.0 Å². The van der Waals surface area contributed by atoms with E-state index in [2.05, 4.69) is 4.98 Å². The first-order valence-corrected chi connectivity index (χ1v) is 13.9. The van der Waals surface area contributed by atoms with E-state index in [1.165, 1.54) is 4.90 Å². The average Bonchev–Trinajstić information content (AvgIpc) is 3.23. The lowest BCUT2D eigenvalue weighted by Gasteiger charge is -2.44. The second-order valence-corrected chi connectivity index (χ2v) is 11.2. The number of rotatable bonds is 10. The van der Waals surface area contributed by atoms with Crippen LogP contribution in [0, 0.1) is 17.8 Å². The summed E-state index contributed by atoms with van der Waals surface area (Å²) in [5.41, 5.74) is 0.781. The predicted octanol–water partition coefficient (Wildman–Crippen LogP) is 1.97. The maximum absolute atomic E-state index is 13.3. The fourth-order valence-electron chi connectivity index (χ4n) is 4.48. The average molecular weight is 593 g/mol. The molecule has 1 aromatic rings. The van der Waals surface area contributed by atoms with Crippen LogP contribution in [0.25, 0.3) is 0 Å². The molecule has 42 heavy (non-hydrogen) atoms. The maximum atomic E-state index is 13.3. The Labute approximate surface area is 245 Å². The molecule has 0 N–H and O–H groups in total. The molecule has 2 aliphatic rings. The fraction of sp³-hybridized carbons (Fsp3) is 0.655. The zero-order valence-corrected chi connectivity index (χ0v) is 25.2. The molecule has 0 aliphatic carbocycles. The van der Waals surface area contributed by atoms with Crippen LogP contribution in [-0.2, 0) is 52.4 Å². The monoisotopic (exact) mass is 592 g/mol. The van der Waals surface area contributed by atoms with Gasteiger partial charge in [0.05, 0.1) is 30.9 Å². The van der Waals surface area contributed by atoms with Gasteiger partial charge in [0.15, 0.2) is 24.4 Å². The van der Waals surface area contributed by atoms with Crippen molar-refractivity contribution in [1.82, 2.24) is 9.88 Å². The summed E-state index contributed by atoms with van der Waals surface area (Å²) in [5, 5.41) is 0. The predicted molar refractivity (Wildman–Crippen MR) is 144 cm³/mol. The minimum Gasteiger partial charge on any atom is -0.467 e. The summed E-state index contributed by atoms with van der Waals surface area (Å²) in [6.45, 7) is 9.53. The van der Waals surface area contributed by atoms with Crippen molar-refractivity contribution in [3.05, 3.63) is 30.1 Å². The van der Waals surface area contributed by atoms with Crippen LogP contribution in [0.5, 0.6) is 0 Å². The van der Waals surface area contributed by atoms with Gasteiger partial charge in [-0.2, -0.15) is 0 Å². The van der Waals surface area contributed by atoms with Crippen LogP contribution in [0.2, 0.25) is 0 Å². The number of esters is 4. The number of methoxy groups -OCH3 is 1. The number of carbonyl (C=O) groups excluding carboxylic acids is 5. The van der Waals surface area contributed by atoms with Gasteiger partial charge in [0.2, 0.25) is 6.29 Å². The molecule has 0 aromatic carbocycles. The molecule has 7 atom stereocenters. The molecule has 0 spiro atoms. The summed E-state index contributed by atoms with van der Waals surface area (Å²) in [6, 6.07) is 3.21. The fourth-order valence-corrected chi connectivity index (χ4v) is 4.48. The van der Waals surface area contributed by atoms with Gasteiger partial charge in [0.1, 0.15) is 6.10 Å². The zero-order valence-electron chi connectivity index (χ0n) is 25.2. The molecular weight excluding hydrogens is 552 g/mol. The van der Waals surface area contributed by atoms with E-state index in [4.69, 9.17) is 28.4 Å². The van der Waals surface area contributed by atoms with Crippen molar-refractivity contribution in [2.24, 2.45) is 17.8 Å². The van der Waals surface area contributed by atoms with Crippen LogP contribution in [0.3, 0.4) is 0 Å². The lowest BCUT2D eigenvalue weighted by Crippen LogP contribution is -2.65. The van der Waals surface area contributed by atoms with Crippen molar-refractivity contribution in [3.8, 4) is 0 Å². The van der Waals surface area contributed by atoms with Crippen LogP contribution >= 0.6 is 0 Å². The second-order valence-electron chi connectivity index (χ2n) is 11.2. The molecule has 13 heteroatoms. The Hall–Kier alpha value is -3.58. The number of amides is 1. The molecule has 0 saturated carbocycles. The van der Waals surface area contributed by atoms with Crippen LogP contribution in [0.1, 0.15) is 59.6 Å². The third-order valence-electron chi connectivity index (χ3n) is 6.99. The third-order valence-corrected chi connectivity index (χ3v) is 6.99. The van der Waals surface area contributed by atoms with Crippen LogP contribution < -0.4 is 0 Å². The van der Waals surface area contributed by atoms with Gasteiger partial charge in [-0.1, -0.05) is 47.6 Å². The van der Waals surface area contributed by atoms with Crippen LogP contribution in [0.4, 0.5) is 0 Å². The number of ether oxygens (including phenoxy) is 6. The topological polar surface area (TPSA) is 157 Å². The SMILES string of the molecule is COC(=O)[C@H]1O[C@@H](O[C@H]2C[C@H](c3cccnc3)N(C)C2=O)[C@H](OC(=O)C(C)C)[C@@H](OC(=O)C(C)C)[C@@H]1OC(=O)C(C)C. The van der Waals surface area contributed by atoms with Gasteiger partial charge in [-0.15, -0.1) is 0 Å². The van der Waals surface area contributed by atoms with E-state index in [1.54, 1.807) is 67.1 Å². The summed E-state index contributed by atoms with van der Waals surface area (Å²) < 4.78 is 34.1.